The van der Waals surface area contributed by atoms with E-state index in [1.165, 1.54) is 6.26 Å². The van der Waals surface area contributed by atoms with Gasteiger partial charge in [-0.15, -0.1) is 0 Å². The topological polar surface area (TPSA) is 62.6 Å². The van der Waals surface area contributed by atoms with Gasteiger partial charge in [-0.05, 0) is 36.6 Å². The molecule has 2 aliphatic heterocycles. The smallest absolute Gasteiger partial charge is 0.253 e. The number of carbonyl (C=O) groups is 1. The van der Waals surface area contributed by atoms with Crippen molar-refractivity contribution >= 4 is 26.8 Å². The molecule has 3 heterocycles. The number of rotatable bonds is 2. The van der Waals surface area contributed by atoms with Crippen LogP contribution in [0.5, 0.6) is 0 Å². The lowest BCUT2D eigenvalue weighted by Gasteiger charge is -2.22. The Morgan fingerprint density at radius 2 is 2.00 bits per heavy atom. The van der Waals surface area contributed by atoms with E-state index >= 15 is 0 Å². The number of nitrogens with zero attached hydrogens (tertiary/aromatic N) is 3. The largest absolute Gasteiger partial charge is 0.351 e. The maximum Gasteiger partial charge on any atom is 0.253 e. The summed E-state index contributed by atoms with van der Waals surface area (Å²) in [7, 11) is -1.23. The van der Waals surface area contributed by atoms with Crippen LogP contribution in [0.4, 0.5) is 0 Å². The summed E-state index contributed by atoms with van der Waals surface area (Å²) in [4.78, 5) is 14.6. The van der Waals surface area contributed by atoms with Gasteiger partial charge in [0.2, 0.25) is 10.0 Å². The average Bonchev–Trinajstić information content (AvgIpc) is 3.19. The van der Waals surface area contributed by atoms with Crippen LogP contribution >= 0.6 is 0 Å². The van der Waals surface area contributed by atoms with E-state index in [-0.39, 0.29) is 17.9 Å². The van der Waals surface area contributed by atoms with Crippen molar-refractivity contribution < 1.29 is 13.2 Å². The number of aryl methyl sites for hydroxylation is 1. The Kier molecular flexibility index (Phi) is 3.47. The molecule has 7 heteroatoms. The van der Waals surface area contributed by atoms with Gasteiger partial charge in [0.1, 0.15) is 0 Å². The van der Waals surface area contributed by atoms with Crippen LogP contribution in [0.15, 0.2) is 30.5 Å². The summed E-state index contributed by atoms with van der Waals surface area (Å²) in [5.74, 6) is 0.243. The minimum Gasteiger partial charge on any atom is -0.351 e. The summed E-state index contributed by atoms with van der Waals surface area (Å²) in [6.45, 7) is 1.71. The van der Waals surface area contributed by atoms with Gasteiger partial charge in [0.25, 0.3) is 5.91 Å². The Bertz CT molecular complexity index is 918. The number of aromatic nitrogens is 1. The molecule has 2 aliphatic rings. The number of amides is 1. The number of likely N-dealkylation sites (tertiary alicyclic amines) is 1. The second-order valence-corrected chi connectivity index (χ2v) is 8.84. The van der Waals surface area contributed by atoms with E-state index < -0.39 is 10.0 Å². The molecule has 24 heavy (non-hydrogen) atoms. The first-order valence-electron chi connectivity index (χ1n) is 8.16. The van der Waals surface area contributed by atoms with Gasteiger partial charge in [-0.25, -0.2) is 8.42 Å². The lowest BCUT2D eigenvalue weighted by atomic mass is 10.1. The van der Waals surface area contributed by atoms with Crippen molar-refractivity contribution in [3.63, 3.8) is 0 Å². The molecule has 2 saturated heterocycles. The van der Waals surface area contributed by atoms with E-state index in [2.05, 4.69) is 0 Å². The zero-order chi connectivity index (χ0) is 17.1. The summed E-state index contributed by atoms with van der Waals surface area (Å²) in [6.07, 6.45) is 4.06. The molecular formula is C17H21N3O3S. The lowest BCUT2D eigenvalue weighted by Crippen LogP contribution is -2.40. The van der Waals surface area contributed by atoms with Gasteiger partial charge in [-0.2, -0.15) is 4.31 Å². The highest BCUT2D eigenvalue weighted by Gasteiger charge is 2.46. The predicted octanol–water partition coefficient (Wildman–Crippen LogP) is 1.28. The standard InChI is InChI=1S/C17H21N3O3S/c1-18-7-5-12-9-13(3-4-15(12)18)17(21)19-10-14-6-8-20(16(14)11-19)24(2,22)23/h3-5,7,9,14,16H,6,8,10-11H2,1-2H3/t14-,16+/m1/s1. The molecule has 2 aromatic rings. The van der Waals surface area contributed by atoms with Gasteiger partial charge < -0.3 is 9.47 Å². The van der Waals surface area contributed by atoms with Gasteiger partial charge in [0.05, 0.1) is 6.26 Å². The molecule has 0 aliphatic carbocycles. The monoisotopic (exact) mass is 347 g/mol. The molecular weight excluding hydrogens is 326 g/mol. The van der Waals surface area contributed by atoms with Gasteiger partial charge in [-0.1, -0.05) is 0 Å². The molecule has 0 saturated carbocycles. The molecule has 0 radical (unpaired) electrons. The highest BCUT2D eigenvalue weighted by molar-refractivity contribution is 7.88. The van der Waals surface area contributed by atoms with Crippen LogP contribution in [-0.2, 0) is 17.1 Å². The van der Waals surface area contributed by atoms with E-state index in [9.17, 15) is 13.2 Å². The molecule has 2 atom stereocenters. The van der Waals surface area contributed by atoms with Crippen molar-refractivity contribution in [3.05, 3.63) is 36.0 Å². The van der Waals surface area contributed by atoms with E-state index in [1.807, 2.05) is 42.1 Å². The quantitative estimate of drug-likeness (QED) is 0.822. The molecule has 6 nitrogen and oxygen atoms in total. The molecule has 4 rings (SSSR count). The van der Waals surface area contributed by atoms with Gasteiger partial charge in [-0.3, -0.25) is 4.79 Å². The minimum atomic E-state index is -3.20. The zero-order valence-electron chi connectivity index (χ0n) is 13.8. The van der Waals surface area contributed by atoms with Crippen LogP contribution in [0, 0.1) is 5.92 Å². The molecule has 0 spiro atoms. The van der Waals surface area contributed by atoms with Crippen molar-refractivity contribution in [1.82, 2.24) is 13.8 Å². The molecule has 0 bridgehead atoms. The Labute approximate surface area is 141 Å². The van der Waals surface area contributed by atoms with Crippen molar-refractivity contribution in [2.45, 2.75) is 12.5 Å². The SMILES string of the molecule is Cn1ccc2cc(C(=O)N3C[C@H]4CCN(S(C)(=O)=O)[C@H]4C3)ccc21. The lowest BCUT2D eigenvalue weighted by molar-refractivity contribution is 0.0778. The van der Waals surface area contributed by atoms with Crippen molar-refractivity contribution in [1.29, 1.82) is 0 Å². The third-order valence-electron chi connectivity index (χ3n) is 5.34. The van der Waals surface area contributed by atoms with Gasteiger partial charge >= 0.3 is 0 Å². The third kappa shape index (κ3) is 2.43. The van der Waals surface area contributed by atoms with E-state index in [1.54, 1.807) is 9.21 Å². The normalized spacial score (nSPS) is 24.7. The first kappa shape index (κ1) is 15.7. The molecule has 2 fully saturated rings. The number of fused-ring (bicyclic) bond motifs is 2. The fraction of sp³-hybridized carbons (Fsp3) is 0.471. The first-order valence-corrected chi connectivity index (χ1v) is 10.0. The third-order valence-corrected chi connectivity index (χ3v) is 6.65. The van der Waals surface area contributed by atoms with Crippen LogP contribution in [0.25, 0.3) is 10.9 Å². The highest BCUT2D eigenvalue weighted by Crippen LogP contribution is 2.33. The summed E-state index contributed by atoms with van der Waals surface area (Å²) < 4.78 is 27.4. The van der Waals surface area contributed by atoms with E-state index in [0.29, 0.717) is 25.2 Å². The second-order valence-electron chi connectivity index (χ2n) is 6.90. The maximum atomic E-state index is 12.8. The first-order chi connectivity index (χ1) is 11.3. The number of benzene rings is 1. The van der Waals surface area contributed by atoms with Crippen LogP contribution < -0.4 is 0 Å². The summed E-state index contributed by atoms with van der Waals surface area (Å²) >= 11 is 0. The summed E-state index contributed by atoms with van der Waals surface area (Å²) in [6, 6.07) is 7.66. The highest BCUT2D eigenvalue weighted by atomic mass is 32.2. The fourth-order valence-corrected chi connectivity index (χ4v) is 5.27. The van der Waals surface area contributed by atoms with Crippen LogP contribution in [-0.4, -0.2) is 60.0 Å². The van der Waals surface area contributed by atoms with Crippen molar-refractivity contribution in [2.75, 3.05) is 25.9 Å². The van der Waals surface area contributed by atoms with Gasteiger partial charge in [0, 0.05) is 55.4 Å². The van der Waals surface area contributed by atoms with E-state index in [0.717, 1.165) is 17.3 Å². The summed E-state index contributed by atoms with van der Waals surface area (Å²) in [5.41, 5.74) is 1.76. The van der Waals surface area contributed by atoms with Crippen molar-refractivity contribution in [2.24, 2.45) is 13.0 Å². The molecule has 0 unspecified atom stereocenters. The van der Waals surface area contributed by atoms with Crippen molar-refractivity contribution in [3.8, 4) is 0 Å². The zero-order valence-corrected chi connectivity index (χ0v) is 14.7. The fourth-order valence-electron chi connectivity index (χ4n) is 4.10. The Morgan fingerprint density at radius 1 is 1.21 bits per heavy atom. The van der Waals surface area contributed by atoms with Crippen LogP contribution in [0.3, 0.4) is 0 Å². The number of hydrogen-bond donors (Lipinski definition) is 0. The Hall–Kier alpha value is -1.86. The predicted molar refractivity (Wildman–Crippen MR) is 92.3 cm³/mol. The Morgan fingerprint density at radius 3 is 2.75 bits per heavy atom. The molecule has 128 valence electrons. The second kappa shape index (κ2) is 5.32. The minimum absolute atomic E-state index is 0.0106. The molecule has 1 aromatic heterocycles. The van der Waals surface area contributed by atoms with E-state index in [4.69, 9.17) is 0 Å². The number of hydrogen-bond acceptors (Lipinski definition) is 3. The number of sulfonamides is 1. The molecule has 1 amide bonds. The maximum absolute atomic E-state index is 12.8. The average molecular weight is 347 g/mol. The molecule has 1 aromatic carbocycles. The number of carbonyl (C=O) groups excluding carboxylic acids is 1. The summed E-state index contributed by atoms with van der Waals surface area (Å²) in [5, 5.41) is 1.04. The van der Waals surface area contributed by atoms with Crippen LogP contribution in [0.2, 0.25) is 0 Å². The molecule has 0 N–H and O–H groups in total. The van der Waals surface area contributed by atoms with Gasteiger partial charge in [0.15, 0.2) is 0 Å². The Balaban J connectivity index is 1.57. The van der Waals surface area contributed by atoms with Crippen LogP contribution in [0.1, 0.15) is 16.8 Å².